The second-order valence-corrected chi connectivity index (χ2v) is 4.73. The van der Waals surface area contributed by atoms with Crippen molar-refractivity contribution < 1.29 is 14.9 Å². The van der Waals surface area contributed by atoms with Crippen LogP contribution in [-0.4, -0.2) is 32.0 Å². The monoisotopic (exact) mass is 327 g/mol. The van der Waals surface area contributed by atoms with E-state index in [1.54, 1.807) is 54.6 Å². The van der Waals surface area contributed by atoms with Gasteiger partial charge in [0.1, 0.15) is 11.4 Å². The highest BCUT2D eigenvalue weighted by Crippen LogP contribution is 2.15. The third-order valence-corrected chi connectivity index (χ3v) is 3.23. The lowest BCUT2D eigenvalue weighted by Crippen LogP contribution is -2.22. The van der Waals surface area contributed by atoms with Gasteiger partial charge in [0, 0.05) is 0 Å². The van der Waals surface area contributed by atoms with Gasteiger partial charge in [0.25, 0.3) is 5.49 Å². The summed E-state index contributed by atoms with van der Waals surface area (Å²) in [7, 11) is 1.52. The molecule has 0 radical (unpaired) electrons. The molecular weight excluding hydrogens is 314 g/mol. The maximum atomic E-state index is 11.2. The number of ether oxygens (including phenoxy) is 1. The van der Waals surface area contributed by atoms with Crippen LogP contribution in [0.2, 0.25) is 0 Å². The number of hydrogen-bond acceptors (Lipinski definition) is 6. The first-order valence-electron chi connectivity index (χ1n) is 6.90. The number of nitro groups is 1. The van der Waals surface area contributed by atoms with Crippen molar-refractivity contribution in [2.75, 3.05) is 7.11 Å². The lowest BCUT2D eigenvalue weighted by atomic mass is 10.3. The van der Waals surface area contributed by atoms with Crippen LogP contribution in [0.4, 0.5) is 11.5 Å². The van der Waals surface area contributed by atoms with E-state index in [9.17, 15) is 15.3 Å². The maximum absolute atomic E-state index is 11.2. The molecule has 0 aliphatic carbocycles. The highest BCUT2D eigenvalue weighted by Gasteiger charge is 2.24. The quantitative estimate of drug-likeness (QED) is 0.448. The van der Waals surface area contributed by atoms with Crippen LogP contribution in [0, 0.1) is 10.1 Å². The van der Waals surface area contributed by atoms with E-state index in [2.05, 4.69) is 10.1 Å². The van der Waals surface area contributed by atoms with Crippen molar-refractivity contribution in [1.82, 2.24) is 14.7 Å². The number of nitrogens with zero attached hydrogens (tertiary/aromatic N) is 5. The number of benzene rings is 2. The van der Waals surface area contributed by atoms with E-state index in [1.807, 2.05) is 0 Å². The van der Waals surface area contributed by atoms with Gasteiger partial charge in [-0.2, -0.15) is 0 Å². The van der Waals surface area contributed by atoms with Crippen molar-refractivity contribution in [3.63, 3.8) is 0 Å². The molecule has 0 saturated carbocycles. The zero-order chi connectivity index (χ0) is 17.1. The summed E-state index contributed by atoms with van der Waals surface area (Å²) in [6.45, 7) is 0. The first-order valence-corrected chi connectivity index (χ1v) is 6.90. The fourth-order valence-electron chi connectivity index (χ4n) is 2.08. The van der Waals surface area contributed by atoms with E-state index < -0.39 is 10.7 Å². The molecule has 0 amide bonds. The summed E-state index contributed by atoms with van der Waals surface area (Å²) in [5.74, 6) is 0.0521. The van der Waals surface area contributed by atoms with E-state index >= 15 is 0 Å². The predicted molar refractivity (Wildman–Crippen MR) is 83.6 cm³/mol. The average Bonchev–Trinajstić information content (AvgIpc) is 2.93. The Morgan fingerprint density at radius 1 is 1.17 bits per heavy atom. The Labute approximate surface area is 135 Å². The molecule has 0 aliphatic heterocycles. The van der Waals surface area contributed by atoms with E-state index in [0.29, 0.717) is 22.0 Å². The molecule has 9 heteroatoms. The lowest BCUT2D eigenvalue weighted by Gasteiger charge is -2.02. The smallest absolute Gasteiger partial charge is 0.438 e. The zero-order valence-corrected chi connectivity index (χ0v) is 12.6. The summed E-state index contributed by atoms with van der Waals surface area (Å²) in [5, 5.41) is 25.3. The molecule has 0 unspecified atom stereocenters. The number of hydrogen-bond donors (Lipinski definition) is 1. The highest BCUT2D eigenvalue weighted by atomic mass is 16.6. The van der Waals surface area contributed by atoms with Gasteiger partial charge in [-0.15, -0.1) is 0 Å². The number of aromatic nitrogens is 3. The summed E-state index contributed by atoms with van der Waals surface area (Å²) in [4.78, 5) is 16.2. The maximum Gasteiger partial charge on any atom is 0.438 e. The van der Waals surface area contributed by atoms with Gasteiger partial charge in [-0.05, 0) is 46.1 Å². The third kappa shape index (κ3) is 2.82. The van der Waals surface area contributed by atoms with Crippen LogP contribution in [-0.2, 0) is 0 Å². The van der Waals surface area contributed by atoms with Crippen LogP contribution in [0.5, 0.6) is 5.75 Å². The molecule has 1 aromatic heterocycles. The van der Waals surface area contributed by atoms with Crippen molar-refractivity contribution >= 4 is 11.5 Å². The Bertz CT molecular complexity index is 929. The molecule has 24 heavy (non-hydrogen) atoms. The minimum absolute atomic E-state index is 0.276. The predicted octanol–water partition coefficient (Wildman–Crippen LogP) is 2.06. The van der Waals surface area contributed by atoms with Gasteiger partial charge in [0.05, 0.1) is 17.9 Å². The SMILES string of the molecule is COc1ccc(-n2nc([N+](=O)[O-])c(=Nc3ccccc3)n2O)cc1. The Balaban J connectivity index is 2.17. The highest BCUT2D eigenvalue weighted by molar-refractivity contribution is 5.38. The van der Waals surface area contributed by atoms with Gasteiger partial charge < -0.3 is 20.1 Å². The molecule has 0 spiro atoms. The molecule has 3 rings (SSSR count). The van der Waals surface area contributed by atoms with Gasteiger partial charge in [-0.1, -0.05) is 23.0 Å². The van der Waals surface area contributed by atoms with Crippen LogP contribution >= 0.6 is 0 Å². The summed E-state index contributed by atoms with van der Waals surface area (Å²) < 4.78 is 5.06. The van der Waals surface area contributed by atoms with Crippen LogP contribution in [0.25, 0.3) is 5.69 Å². The summed E-state index contributed by atoms with van der Waals surface area (Å²) in [6, 6.07) is 15.1. The Hall–Kier alpha value is -3.62. The summed E-state index contributed by atoms with van der Waals surface area (Å²) in [6.07, 6.45) is 0. The first kappa shape index (κ1) is 15.3. The molecule has 0 aliphatic rings. The standard InChI is InChI=1S/C15H13N5O4/c1-24-13-9-7-12(8-10-13)18-17-15(20(22)23)14(19(18)21)16-11-5-3-2-4-6-11/h2-10,21H,1H3. The fourth-order valence-corrected chi connectivity index (χ4v) is 2.08. The van der Waals surface area contributed by atoms with E-state index in [0.717, 1.165) is 4.80 Å². The largest absolute Gasteiger partial charge is 0.497 e. The van der Waals surface area contributed by atoms with Crippen LogP contribution in [0.15, 0.2) is 59.6 Å². The van der Waals surface area contributed by atoms with Crippen molar-refractivity contribution in [3.05, 3.63) is 70.2 Å². The minimum atomic E-state index is -0.700. The Kier molecular flexibility index (Phi) is 3.98. The summed E-state index contributed by atoms with van der Waals surface area (Å²) >= 11 is 0. The zero-order valence-electron chi connectivity index (χ0n) is 12.6. The average molecular weight is 327 g/mol. The summed E-state index contributed by atoms with van der Waals surface area (Å²) in [5.41, 5.74) is 0.593. The number of rotatable bonds is 4. The van der Waals surface area contributed by atoms with Crippen LogP contribution in [0.1, 0.15) is 0 Å². The van der Waals surface area contributed by atoms with Gasteiger partial charge in [-0.25, -0.2) is 4.99 Å². The molecular formula is C15H13N5O4. The Morgan fingerprint density at radius 3 is 2.42 bits per heavy atom. The molecule has 122 valence electrons. The van der Waals surface area contributed by atoms with Crippen LogP contribution in [0.3, 0.4) is 0 Å². The van der Waals surface area contributed by atoms with Gasteiger partial charge >= 0.3 is 5.82 Å². The molecule has 1 heterocycles. The molecule has 9 nitrogen and oxygen atoms in total. The minimum Gasteiger partial charge on any atom is -0.497 e. The molecule has 0 bridgehead atoms. The van der Waals surface area contributed by atoms with Crippen molar-refractivity contribution in [2.45, 2.75) is 0 Å². The van der Waals surface area contributed by atoms with E-state index in [1.165, 1.54) is 7.11 Å². The number of para-hydroxylation sites is 1. The van der Waals surface area contributed by atoms with Crippen molar-refractivity contribution in [1.29, 1.82) is 0 Å². The van der Waals surface area contributed by atoms with Crippen molar-refractivity contribution in [2.24, 2.45) is 4.99 Å². The van der Waals surface area contributed by atoms with E-state index in [4.69, 9.17) is 4.74 Å². The van der Waals surface area contributed by atoms with Crippen LogP contribution < -0.4 is 10.2 Å². The van der Waals surface area contributed by atoms with Gasteiger partial charge in [0.15, 0.2) is 0 Å². The van der Waals surface area contributed by atoms with E-state index in [-0.39, 0.29) is 5.49 Å². The Morgan fingerprint density at radius 2 is 1.83 bits per heavy atom. The number of methoxy groups -OCH3 is 1. The molecule has 3 aromatic rings. The van der Waals surface area contributed by atoms with Crippen molar-refractivity contribution in [3.8, 4) is 11.4 Å². The first-order chi connectivity index (χ1) is 11.6. The topological polar surface area (TPSA) is 108 Å². The molecule has 2 aromatic carbocycles. The molecule has 0 fully saturated rings. The molecule has 1 N–H and O–H groups in total. The lowest BCUT2D eigenvalue weighted by molar-refractivity contribution is -0.391. The second-order valence-electron chi connectivity index (χ2n) is 4.73. The van der Waals surface area contributed by atoms with Gasteiger partial charge in [0.2, 0.25) is 0 Å². The molecule has 0 saturated heterocycles. The second kappa shape index (κ2) is 6.24. The normalized spacial score (nSPS) is 11.5. The third-order valence-electron chi connectivity index (χ3n) is 3.23. The fraction of sp³-hybridized carbons (Fsp3) is 0.0667. The molecule has 0 atom stereocenters. The van der Waals surface area contributed by atoms with Gasteiger partial charge in [-0.3, -0.25) is 0 Å².